The van der Waals surface area contributed by atoms with Crippen molar-refractivity contribution in [2.24, 2.45) is 0 Å². The van der Waals surface area contributed by atoms with Gasteiger partial charge in [0.25, 0.3) is 5.91 Å². The highest BCUT2D eigenvalue weighted by molar-refractivity contribution is 7.10. The Hall–Kier alpha value is -1.85. The lowest BCUT2D eigenvalue weighted by Crippen LogP contribution is -2.29. The molecule has 3 rings (SSSR count). The van der Waals surface area contributed by atoms with Gasteiger partial charge in [0, 0.05) is 9.75 Å². The predicted octanol–water partition coefficient (Wildman–Crippen LogP) is 4.55. The molecule has 0 bridgehead atoms. The quantitative estimate of drug-likeness (QED) is 0.691. The van der Waals surface area contributed by atoms with Crippen LogP contribution in [0.5, 0.6) is 0 Å². The number of carbonyl (C=O) groups excluding carboxylic acids is 1. The van der Waals surface area contributed by atoms with Crippen LogP contribution >= 0.6 is 22.7 Å². The minimum atomic E-state index is 0.0167. The topological polar surface area (TPSA) is 33.5 Å². The first kappa shape index (κ1) is 14.1. The number of carbonyl (C=O) groups is 1. The number of rotatable bonds is 5. The Morgan fingerprint density at radius 2 is 1.71 bits per heavy atom. The molecule has 0 aromatic carbocycles. The van der Waals surface area contributed by atoms with Crippen LogP contribution in [0.4, 0.5) is 0 Å². The lowest BCUT2D eigenvalue weighted by Gasteiger charge is -2.21. The zero-order valence-electron chi connectivity index (χ0n) is 11.6. The van der Waals surface area contributed by atoms with Crippen LogP contribution in [-0.2, 0) is 13.1 Å². The minimum Gasteiger partial charge on any atom is -0.469 e. The predicted molar refractivity (Wildman–Crippen MR) is 85.7 cm³/mol. The molecule has 0 aliphatic rings. The Bertz CT molecular complexity index is 662. The molecule has 3 heterocycles. The monoisotopic (exact) mass is 317 g/mol. The number of thiophene rings is 2. The van der Waals surface area contributed by atoms with Crippen molar-refractivity contribution in [2.45, 2.75) is 20.0 Å². The van der Waals surface area contributed by atoms with E-state index >= 15 is 0 Å². The summed E-state index contributed by atoms with van der Waals surface area (Å²) in [5, 5.41) is 4.07. The normalized spacial score (nSPS) is 10.7. The van der Waals surface area contributed by atoms with E-state index in [-0.39, 0.29) is 5.91 Å². The molecule has 0 radical (unpaired) electrons. The number of hydrogen-bond acceptors (Lipinski definition) is 4. The molecule has 0 saturated carbocycles. The van der Waals surface area contributed by atoms with Gasteiger partial charge in [-0.1, -0.05) is 12.1 Å². The summed E-state index contributed by atoms with van der Waals surface area (Å²) < 4.78 is 5.26. The molecular weight excluding hydrogens is 302 g/mol. The summed E-state index contributed by atoms with van der Waals surface area (Å²) in [5.41, 5.74) is 0.642. The fourth-order valence-corrected chi connectivity index (χ4v) is 3.60. The molecular formula is C16H15NO2S2. The van der Waals surface area contributed by atoms with Gasteiger partial charge in [0.05, 0.1) is 24.9 Å². The van der Waals surface area contributed by atoms with Crippen molar-refractivity contribution in [1.82, 2.24) is 4.90 Å². The third-order valence-electron chi connectivity index (χ3n) is 3.23. The lowest BCUT2D eigenvalue weighted by molar-refractivity contribution is 0.0732. The van der Waals surface area contributed by atoms with Crippen LogP contribution in [0.2, 0.25) is 0 Å². The maximum Gasteiger partial charge on any atom is 0.258 e. The maximum absolute atomic E-state index is 12.8. The summed E-state index contributed by atoms with van der Waals surface area (Å²) in [6.07, 6.45) is 1.57. The molecule has 5 heteroatoms. The number of amides is 1. The van der Waals surface area contributed by atoms with Crippen molar-refractivity contribution >= 4 is 28.6 Å². The van der Waals surface area contributed by atoms with E-state index in [9.17, 15) is 4.79 Å². The number of hydrogen-bond donors (Lipinski definition) is 0. The average Bonchev–Trinajstić information content (AvgIpc) is 3.19. The molecule has 0 N–H and O–H groups in total. The highest BCUT2D eigenvalue weighted by Crippen LogP contribution is 2.21. The minimum absolute atomic E-state index is 0.0167. The average molecular weight is 317 g/mol. The lowest BCUT2D eigenvalue weighted by atomic mass is 10.2. The zero-order chi connectivity index (χ0) is 14.7. The molecule has 0 aliphatic carbocycles. The van der Waals surface area contributed by atoms with Crippen LogP contribution in [-0.4, -0.2) is 10.8 Å². The highest BCUT2D eigenvalue weighted by atomic mass is 32.1. The number of nitrogens with zero attached hydrogens (tertiary/aromatic N) is 1. The third kappa shape index (κ3) is 3.25. The standard InChI is InChI=1S/C16H15NO2S2/c1-12-15(6-7-19-12)16(18)17(10-13-4-2-8-20-13)11-14-5-3-9-21-14/h2-9H,10-11H2,1H3. The summed E-state index contributed by atoms with van der Waals surface area (Å²) in [5.74, 6) is 0.686. The van der Waals surface area contributed by atoms with Crippen molar-refractivity contribution in [2.75, 3.05) is 0 Å². The molecule has 3 aromatic heterocycles. The summed E-state index contributed by atoms with van der Waals surface area (Å²) in [6, 6.07) is 9.88. The van der Waals surface area contributed by atoms with E-state index in [4.69, 9.17) is 4.42 Å². The van der Waals surface area contributed by atoms with E-state index in [1.165, 1.54) is 9.75 Å². The second-order valence-corrected chi connectivity index (χ2v) is 6.77. The fraction of sp³-hybridized carbons (Fsp3) is 0.188. The van der Waals surface area contributed by atoms with E-state index < -0.39 is 0 Å². The van der Waals surface area contributed by atoms with Gasteiger partial charge in [-0.15, -0.1) is 22.7 Å². The molecule has 3 nitrogen and oxygen atoms in total. The van der Waals surface area contributed by atoms with Crippen molar-refractivity contribution in [3.05, 3.63) is 68.4 Å². The van der Waals surface area contributed by atoms with Crippen LogP contribution < -0.4 is 0 Å². The van der Waals surface area contributed by atoms with E-state index in [2.05, 4.69) is 12.1 Å². The maximum atomic E-state index is 12.8. The Balaban J connectivity index is 1.84. The van der Waals surface area contributed by atoms with Gasteiger partial charge in [-0.2, -0.15) is 0 Å². The van der Waals surface area contributed by atoms with Crippen molar-refractivity contribution in [3.8, 4) is 0 Å². The first-order valence-electron chi connectivity index (χ1n) is 6.62. The molecule has 0 fully saturated rings. The van der Waals surface area contributed by atoms with Gasteiger partial charge >= 0.3 is 0 Å². The van der Waals surface area contributed by atoms with Gasteiger partial charge in [0.15, 0.2) is 0 Å². The Morgan fingerprint density at radius 1 is 1.10 bits per heavy atom. The van der Waals surface area contributed by atoms with E-state index in [0.29, 0.717) is 24.4 Å². The Labute approximate surface area is 131 Å². The van der Waals surface area contributed by atoms with Crippen molar-refractivity contribution in [3.63, 3.8) is 0 Å². The molecule has 0 spiro atoms. The van der Waals surface area contributed by atoms with Gasteiger partial charge in [-0.3, -0.25) is 4.79 Å². The SMILES string of the molecule is Cc1occc1C(=O)N(Cc1cccs1)Cc1cccs1. The van der Waals surface area contributed by atoms with Crippen molar-refractivity contribution < 1.29 is 9.21 Å². The first-order valence-corrected chi connectivity index (χ1v) is 8.38. The summed E-state index contributed by atoms with van der Waals surface area (Å²) in [4.78, 5) is 17.0. The Morgan fingerprint density at radius 3 is 2.14 bits per heavy atom. The number of furan rings is 1. The molecule has 0 saturated heterocycles. The fourth-order valence-electron chi connectivity index (χ4n) is 2.16. The highest BCUT2D eigenvalue weighted by Gasteiger charge is 2.20. The second kappa shape index (κ2) is 6.28. The summed E-state index contributed by atoms with van der Waals surface area (Å²) >= 11 is 3.34. The molecule has 0 aliphatic heterocycles. The molecule has 21 heavy (non-hydrogen) atoms. The molecule has 0 unspecified atom stereocenters. The van der Waals surface area contributed by atoms with Crippen molar-refractivity contribution in [1.29, 1.82) is 0 Å². The summed E-state index contributed by atoms with van der Waals surface area (Å²) in [6.45, 7) is 3.07. The van der Waals surface area contributed by atoms with Crippen LogP contribution in [0.3, 0.4) is 0 Å². The van der Waals surface area contributed by atoms with Crippen LogP contribution in [0.15, 0.2) is 51.8 Å². The first-order chi connectivity index (χ1) is 10.2. The summed E-state index contributed by atoms with van der Waals surface area (Å²) in [7, 11) is 0. The molecule has 1 amide bonds. The van der Waals surface area contributed by atoms with Crippen LogP contribution in [0, 0.1) is 6.92 Å². The van der Waals surface area contributed by atoms with E-state index in [0.717, 1.165) is 0 Å². The van der Waals surface area contributed by atoms with Crippen LogP contribution in [0.1, 0.15) is 25.9 Å². The molecule has 0 atom stereocenters. The van der Waals surface area contributed by atoms with E-state index in [1.807, 2.05) is 34.7 Å². The largest absolute Gasteiger partial charge is 0.469 e. The van der Waals surface area contributed by atoms with E-state index in [1.54, 1.807) is 35.0 Å². The van der Waals surface area contributed by atoms with Gasteiger partial charge in [0.2, 0.25) is 0 Å². The number of aryl methyl sites for hydroxylation is 1. The molecule has 108 valence electrons. The van der Waals surface area contributed by atoms with Gasteiger partial charge in [-0.25, -0.2) is 0 Å². The third-order valence-corrected chi connectivity index (χ3v) is 4.95. The van der Waals surface area contributed by atoms with Gasteiger partial charge in [0.1, 0.15) is 5.76 Å². The van der Waals surface area contributed by atoms with Crippen LogP contribution in [0.25, 0.3) is 0 Å². The van der Waals surface area contributed by atoms with Gasteiger partial charge in [-0.05, 0) is 35.9 Å². The molecule has 3 aromatic rings. The zero-order valence-corrected chi connectivity index (χ0v) is 13.2. The Kier molecular flexibility index (Phi) is 4.22. The second-order valence-electron chi connectivity index (χ2n) is 4.71. The smallest absolute Gasteiger partial charge is 0.258 e. The van der Waals surface area contributed by atoms with Gasteiger partial charge < -0.3 is 9.32 Å².